The van der Waals surface area contributed by atoms with Crippen molar-refractivity contribution in [2.75, 3.05) is 20.7 Å². The van der Waals surface area contributed by atoms with Gasteiger partial charge < -0.3 is 15.3 Å². The smallest absolute Gasteiger partial charge is 0.240 e. The molecule has 1 fully saturated rings. The number of nitrogens with one attached hydrogen (secondary N) is 1. The third kappa shape index (κ3) is 11.3. The van der Waals surface area contributed by atoms with E-state index in [1.165, 1.54) is 6.42 Å². The molecule has 25 heavy (non-hydrogen) atoms. The summed E-state index contributed by atoms with van der Waals surface area (Å²) in [7, 11) is 2.81. The Balaban J connectivity index is -0.000000605. The lowest BCUT2D eigenvalue weighted by molar-refractivity contribution is -0.144. The van der Waals surface area contributed by atoms with E-state index in [1.54, 1.807) is 18.9 Å². The molecular formula is C20H44N2O3. The Kier molecular flexibility index (Phi) is 19.1. The van der Waals surface area contributed by atoms with E-state index in [9.17, 15) is 9.59 Å². The maximum Gasteiger partial charge on any atom is 0.240 e. The zero-order chi connectivity index (χ0) is 20.6. The van der Waals surface area contributed by atoms with E-state index < -0.39 is 0 Å². The first kappa shape index (κ1) is 28.8. The average Bonchev–Trinajstić information content (AvgIpc) is 2.58. The molecule has 2 atom stereocenters. The van der Waals surface area contributed by atoms with Gasteiger partial charge in [-0.1, -0.05) is 54.9 Å². The number of piperidine rings is 1. The van der Waals surface area contributed by atoms with E-state index in [2.05, 4.69) is 19.2 Å². The number of rotatable bonds is 3. The van der Waals surface area contributed by atoms with Crippen molar-refractivity contribution in [3.05, 3.63) is 0 Å². The molecular weight excluding hydrogens is 316 g/mol. The van der Waals surface area contributed by atoms with Crippen LogP contribution in [0.3, 0.4) is 0 Å². The Bertz CT molecular complexity index is 338. The number of hydrogen-bond acceptors (Lipinski definition) is 4. The van der Waals surface area contributed by atoms with Gasteiger partial charge in [0.25, 0.3) is 0 Å². The second-order valence-corrected chi connectivity index (χ2v) is 6.95. The lowest BCUT2D eigenvalue weighted by Gasteiger charge is -2.39. The van der Waals surface area contributed by atoms with E-state index in [4.69, 9.17) is 5.11 Å². The molecule has 5 nitrogen and oxygen atoms in total. The summed E-state index contributed by atoms with van der Waals surface area (Å²) >= 11 is 0. The van der Waals surface area contributed by atoms with E-state index in [1.807, 2.05) is 34.6 Å². The number of ketones is 1. The molecule has 2 N–H and O–H groups in total. The number of likely N-dealkylation sites (tertiary alicyclic amines) is 1. The topological polar surface area (TPSA) is 69.6 Å². The Hall–Kier alpha value is -0.940. The summed E-state index contributed by atoms with van der Waals surface area (Å²) in [5.74, 6) is 0.164. The summed E-state index contributed by atoms with van der Waals surface area (Å²) in [6.45, 7) is 16.7. The number of likely N-dealkylation sites (N-methyl/N-ethyl adjacent to an activating group) is 1. The second-order valence-electron chi connectivity index (χ2n) is 6.95. The zero-order valence-corrected chi connectivity index (χ0v) is 18.4. The fourth-order valence-corrected chi connectivity index (χ4v) is 2.71. The van der Waals surface area contributed by atoms with Gasteiger partial charge in [0.1, 0.15) is 0 Å². The van der Waals surface area contributed by atoms with Crippen molar-refractivity contribution in [3.8, 4) is 0 Å². The number of nitrogens with zero attached hydrogens (tertiary/aromatic N) is 1. The summed E-state index contributed by atoms with van der Waals surface area (Å²) in [6, 6.07) is -0.457. The lowest BCUT2D eigenvalue weighted by Crippen LogP contribution is -2.57. The Morgan fingerprint density at radius 2 is 1.60 bits per heavy atom. The Labute approximate surface area is 156 Å². The molecule has 152 valence electrons. The van der Waals surface area contributed by atoms with E-state index in [0.29, 0.717) is 6.54 Å². The van der Waals surface area contributed by atoms with Crippen LogP contribution in [0.4, 0.5) is 0 Å². The summed E-state index contributed by atoms with van der Waals surface area (Å²) < 4.78 is 0. The summed E-state index contributed by atoms with van der Waals surface area (Å²) in [4.78, 5) is 26.0. The van der Waals surface area contributed by atoms with Crippen LogP contribution in [-0.2, 0) is 9.59 Å². The predicted octanol–water partition coefficient (Wildman–Crippen LogP) is 3.64. The van der Waals surface area contributed by atoms with Gasteiger partial charge in [-0.2, -0.15) is 0 Å². The highest BCUT2D eigenvalue weighted by atomic mass is 16.2. The molecule has 2 unspecified atom stereocenters. The van der Waals surface area contributed by atoms with Gasteiger partial charge in [0.2, 0.25) is 5.91 Å². The minimum atomic E-state index is -0.238. The SMILES string of the molecule is CC.CCC.CNC(C(=O)N1CCCCC1C(C)=O)C(C)(C)C.CO. The molecule has 1 rings (SSSR count). The lowest BCUT2D eigenvalue weighted by atomic mass is 9.85. The molecule has 1 saturated heterocycles. The predicted molar refractivity (Wildman–Crippen MR) is 108 cm³/mol. The van der Waals surface area contributed by atoms with E-state index in [-0.39, 0.29) is 29.2 Å². The highest BCUT2D eigenvalue weighted by Crippen LogP contribution is 2.25. The molecule has 0 bridgehead atoms. The van der Waals surface area contributed by atoms with Crippen LogP contribution < -0.4 is 5.32 Å². The van der Waals surface area contributed by atoms with Crippen LogP contribution in [0.5, 0.6) is 0 Å². The van der Waals surface area contributed by atoms with Gasteiger partial charge in [0, 0.05) is 13.7 Å². The van der Waals surface area contributed by atoms with Crippen molar-refractivity contribution in [1.29, 1.82) is 0 Å². The summed E-state index contributed by atoms with van der Waals surface area (Å²) in [5, 5.41) is 10.1. The molecule has 1 amide bonds. The number of carbonyl (C=O) groups is 2. The van der Waals surface area contributed by atoms with Crippen molar-refractivity contribution in [1.82, 2.24) is 10.2 Å². The highest BCUT2D eigenvalue weighted by Gasteiger charge is 2.37. The average molecular weight is 361 g/mol. The van der Waals surface area contributed by atoms with Gasteiger partial charge >= 0.3 is 0 Å². The highest BCUT2D eigenvalue weighted by molar-refractivity contribution is 5.90. The maximum atomic E-state index is 12.6. The van der Waals surface area contributed by atoms with Gasteiger partial charge in [-0.05, 0) is 38.6 Å². The first-order valence-corrected chi connectivity index (χ1v) is 9.63. The van der Waals surface area contributed by atoms with Crippen LogP contribution in [0, 0.1) is 5.41 Å². The van der Waals surface area contributed by atoms with Crippen molar-refractivity contribution in [2.24, 2.45) is 5.41 Å². The van der Waals surface area contributed by atoms with Crippen LogP contribution in [0.1, 0.15) is 81.1 Å². The van der Waals surface area contributed by atoms with Gasteiger partial charge in [0.15, 0.2) is 5.78 Å². The van der Waals surface area contributed by atoms with Crippen molar-refractivity contribution in [3.63, 3.8) is 0 Å². The molecule has 0 saturated carbocycles. The molecule has 0 aliphatic carbocycles. The molecule has 0 aromatic carbocycles. The van der Waals surface area contributed by atoms with Crippen molar-refractivity contribution < 1.29 is 14.7 Å². The third-order valence-electron chi connectivity index (χ3n) is 3.66. The summed E-state index contributed by atoms with van der Waals surface area (Å²) in [6.07, 6.45) is 4.09. The van der Waals surface area contributed by atoms with Crippen LogP contribution in [-0.4, -0.2) is 54.5 Å². The molecule has 1 heterocycles. The maximum absolute atomic E-state index is 12.6. The van der Waals surface area contributed by atoms with Crippen molar-refractivity contribution >= 4 is 11.7 Å². The van der Waals surface area contributed by atoms with Crippen molar-refractivity contribution in [2.45, 2.75) is 93.2 Å². The molecule has 5 heteroatoms. The summed E-state index contributed by atoms with van der Waals surface area (Å²) in [5.41, 5.74) is -0.148. The fourth-order valence-electron chi connectivity index (χ4n) is 2.71. The molecule has 0 spiro atoms. The van der Waals surface area contributed by atoms with Crippen LogP contribution in [0.2, 0.25) is 0 Å². The number of aliphatic hydroxyl groups excluding tert-OH is 1. The standard InChI is InChI=1S/C14H26N2O2.C3H8.C2H6.CH4O/c1-10(17)11-8-6-7-9-16(11)13(18)12(15-5)14(2,3)4;1-3-2;2*1-2/h11-12,15H,6-9H2,1-5H3;3H2,1-2H3;1-2H3;2H,1H3. The monoisotopic (exact) mass is 360 g/mol. The first-order valence-electron chi connectivity index (χ1n) is 9.63. The number of Topliss-reactive ketones (excluding diaryl/α,β-unsaturated/α-hetero) is 1. The number of amides is 1. The molecule has 1 aliphatic heterocycles. The minimum absolute atomic E-state index is 0.0601. The fraction of sp³-hybridized carbons (Fsp3) is 0.900. The number of hydrogen-bond donors (Lipinski definition) is 2. The Morgan fingerprint density at radius 3 is 1.92 bits per heavy atom. The number of carbonyl (C=O) groups excluding carboxylic acids is 2. The van der Waals surface area contributed by atoms with Crippen LogP contribution in [0.15, 0.2) is 0 Å². The normalized spacial score (nSPS) is 17.6. The minimum Gasteiger partial charge on any atom is -0.400 e. The zero-order valence-electron chi connectivity index (χ0n) is 18.4. The van der Waals surface area contributed by atoms with Gasteiger partial charge in [-0.15, -0.1) is 0 Å². The van der Waals surface area contributed by atoms with E-state index in [0.717, 1.165) is 26.4 Å². The van der Waals surface area contributed by atoms with Crippen LogP contribution >= 0.6 is 0 Å². The third-order valence-corrected chi connectivity index (χ3v) is 3.66. The second kappa shape index (κ2) is 16.5. The molecule has 0 radical (unpaired) electrons. The van der Waals surface area contributed by atoms with E-state index >= 15 is 0 Å². The first-order chi connectivity index (χ1) is 11.7. The van der Waals surface area contributed by atoms with Crippen LogP contribution in [0.25, 0.3) is 0 Å². The molecule has 1 aliphatic rings. The molecule has 0 aromatic rings. The van der Waals surface area contributed by atoms with Gasteiger partial charge in [-0.3, -0.25) is 9.59 Å². The largest absolute Gasteiger partial charge is 0.400 e. The van der Waals surface area contributed by atoms with Gasteiger partial charge in [0.05, 0.1) is 12.1 Å². The van der Waals surface area contributed by atoms with Gasteiger partial charge in [-0.25, -0.2) is 0 Å². The Morgan fingerprint density at radius 1 is 1.16 bits per heavy atom. The number of aliphatic hydroxyl groups is 1. The molecule has 0 aromatic heterocycles. The quantitative estimate of drug-likeness (QED) is 0.806.